The second-order valence-corrected chi connectivity index (χ2v) is 6.13. The van der Waals surface area contributed by atoms with Gasteiger partial charge in [-0.3, -0.25) is 4.98 Å². The SMILES string of the molecule is c1csc(Cc2nn3c(-c4cnccn4)nnc3s2)c1. The van der Waals surface area contributed by atoms with Crippen molar-refractivity contribution >= 4 is 27.6 Å². The van der Waals surface area contributed by atoms with Crippen LogP contribution in [-0.2, 0) is 6.42 Å². The van der Waals surface area contributed by atoms with E-state index in [4.69, 9.17) is 0 Å². The van der Waals surface area contributed by atoms with Crippen LogP contribution in [0.2, 0.25) is 0 Å². The molecule has 0 aromatic carbocycles. The zero-order valence-electron chi connectivity index (χ0n) is 10.2. The lowest BCUT2D eigenvalue weighted by Crippen LogP contribution is -1.94. The summed E-state index contributed by atoms with van der Waals surface area (Å²) in [4.78, 5) is 10.3. The molecule has 98 valence electrons. The molecule has 0 aliphatic heterocycles. The molecule has 8 heteroatoms. The molecular formula is C12H8N6S2. The van der Waals surface area contributed by atoms with Crippen LogP contribution in [0.5, 0.6) is 0 Å². The van der Waals surface area contributed by atoms with Gasteiger partial charge >= 0.3 is 0 Å². The van der Waals surface area contributed by atoms with Gasteiger partial charge in [0.15, 0.2) is 0 Å². The molecule has 4 rings (SSSR count). The lowest BCUT2D eigenvalue weighted by Gasteiger charge is -1.94. The largest absolute Gasteiger partial charge is 0.261 e. The first-order valence-corrected chi connectivity index (χ1v) is 7.59. The van der Waals surface area contributed by atoms with Crippen LogP contribution < -0.4 is 0 Å². The maximum absolute atomic E-state index is 4.57. The van der Waals surface area contributed by atoms with Crippen molar-refractivity contribution in [3.8, 4) is 11.5 Å². The second kappa shape index (κ2) is 4.73. The Bertz CT molecular complexity index is 833. The van der Waals surface area contributed by atoms with Crippen molar-refractivity contribution in [2.24, 2.45) is 0 Å². The summed E-state index contributed by atoms with van der Waals surface area (Å²) in [5.41, 5.74) is 0.674. The number of rotatable bonds is 3. The van der Waals surface area contributed by atoms with Crippen LogP contribution in [0.25, 0.3) is 16.5 Å². The number of fused-ring (bicyclic) bond motifs is 1. The molecule has 0 amide bonds. The molecular weight excluding hydrogens is 292 g/mol. The van der Waals surface area contributed by atoms with Crippen molar-refractivity contribution in [1.29, 1.82) is 0 Å². The highest BCUT2D eigenvalue weighted by Gasteiger charge is 2.14. The Labute approximate surface area is 121 Å². The van der Waals surface area contributed by atoms with E-state index < -0.39 is 0 Å². The normalized spacial score (nSPS) is 11.2. The Morgan fingerprint density at radius 1 is 1.20 bits per heavy atom. The fourth-order valence-corrected chi connectivity index (χ4v) is 3.52. The summed E-state index contributed by atoms with van der Waals surface area (Å²) in [6.45, 7) is 0. The summed E-state index contributed by atoms with van der Waals surface area (Å²) in [5, 5.41) is 15.9. The van der Waals surface area contributed by atoms with Crippen LogP contribution in [0, 0.1) is 0 Å². The molecule has 0 saturated carbocycles. The molecule has 0 fully saturated rings. The van der Waals surface area contributed by atoms with Gasteiger partial charge in [0, 0.05) is 23.7 Å². The Morgan fingerprint density at radius 3 is 3.00 bits per heavy atom. The molecule has 0 radical (unpaired) electrons. The second-order valence-electron chi connectivity index (χ2n) is 4.06. The van der Waals surface area contributed by atoms with Gasteiger partial charge in [0.2, 0.25) is 10.8 Å². The predicted molar refractivity (Wildman–Crippen MR) is 76.8 cm³/mol. The van der Waals surface area contributed by atoms with E-state index in [2.05, 4.69) is 36.7 Å². The Hall–Kier alpha value is -2.19. The highest BCUT2D eigenvalue weighted by molar-refractivity contribution is 7.17. The minimum atomic E-state index is 0.627. The van der Waals surface area contributed by atoms with Gasteiger partial charge in [0.05, 0.1) is 6.20 Å². The number of hydrogen-bond acceptors (Lipinski definition) is 7. The van der Waals surface area contributed by atoms with Crippen LogP contribution in [0.15, 0.2) is 36.1 Å². The first kappa shape index (κ1) is 11.6. The average molecular weight is 300 g/mol. The summed E-state index contributed by atoms with van der Waals surface area (Å²) in [6.07, 6.45) is 5.75. The topological polar surface area (TPSA) is 68.9 Å². The molecule has 0 saturated heterocycles. The fourth-order valence-electron chi connectivity index (χ4n) is 1.86. The molecule has 0 bridgehead atoms. The molecule has 4 aromatic rings. The molecule has 4 aromatic heterocycles. The van der Waals surface area contributed by atoms with E-state index >= 15 is 0 Å². The molecule has 0 spiro atoms. The van der Waals surface area contributed by atoms with Crippen molar-refractivity contribution in [2.45, 2.75) is 6.42 Å². The number of nitrogens with zero attached hydrogens (tertiary/aromatic N) is 6. The highest BCUT2D eigenvalue weighted by Crippen LogP contribution is 2.22. The van der Waals surface area contributed by atoms with Crippen molar-refractivity contribution in [3.63, 3.8) is 0 Å². The zero-order chi connectivity index (χ0) is 13.4. The van der Waals surface area contributed by atoms with E-state index in [0.717, 1.165) is 16.4 Å². The van der Waals surface area contributed by atoms with Gasteiger partial charge in [-0.25, -0.2) is 4.98 Å². The molecule has 6 nitrogen and oxygen atoms in total. The van der Waals surface area contributed by atoms with Crippen LogP contribution in [0.3, 0.4) is 0 Å². The van der Waals surface area contributed by atoms with Crippen molar-refractivity contribution in [1.82, 2.24) is 29.8 Å². The van der Waals surface area contributed by atoms with E-state index in [0.29, 0.717) is 11.5 Å². The number of aromatic nitrogens is 6. The van der Waals surface area contributed by atoms with Gasteiger partial charge in [-0.15, -0.1) is 21.5 Å². The smallest absolute Gasteiger partial charge is 0.235 e. The van der Waals surface area contributed by atoms with Gasteiger partial charge < -0.3 is 0 Å². The molecule has 0 unspecified atom stereocenters. The van der Waals surface area contributed by atoms with Crippen molar-refractivity contribution in [3.05, 3.63) is 46.0 Å². The lowest BCUT2D eigenvalue weighted by atomic mass is 10.4. The molecule has 0 atom stereocenters. The highest BCUT2D eigenvalue weighted by atomic mass is 32.1. The van der Waals surface area contributed by atoms with E-state index in [-0.39, 0.29) is 0 Å². The molecule has 0 N–H and O–H groups in total. The maximum Gasteiger partial charge on any atom is 0.235 e. The van der Waals surface area contributed by atoms with Gasteiger partial charge in [-0.1, -0.05) is 17.4 Å². The minimum Gasteiger partial charge on any atom is -0.261 e. The summed E-state index contributed by atoms with van der Waals surface area (Å²) >= 11 is 3.28. The molecule has 20 heavy (non-hydrogen) atoms. The molecule has 4 heterocycles. The third-order valence-electron chi connectivity index (χ3n) is 2.73. The average Bonchev–Trinajstić information content (AvgIpc) is 3.17. The first-order chi connectivity index (χ1) is 9.90. The quantitative estimate of drug-likeness (QED) is 0.580. The van der Waals surface area contributed by atoms with Gasteiger partial charge in [-0.2, -0.15) is 9.61 Å². The fraction of sp³-hybridized carbons (Fsp3) is 0.0833. The first-order valence-electron chi connectivity index (χ1n) is 5.90. The van der Waals surface area contributed by atoms with Crippen LogP contribution >= 0.6 is 22.7 Å². The maximum atomic E-state index is 4.57. The Morgan fingerprint density at radius 2 is 2.20 bits per heavy atom. The minimum absolute atomic E-state index is 0.627. The van der Waals surface area contributed by atoms with E-state index in [1.54, 1.807) is 45.8 Å². The number of hydrogen-bond donors (Lipinski definition) is 0. The van der Waals surface area contributed by atoms with Crippen LogP contribution in [0.4, 0.5) is 0 Å². The van der Waals surface area contributed by atoms with Crippen molar-refractivity contribution < 1.29 is 0 Å². The lowest BCUT2D eigenvalue weighted by molar-refractivity contribution is 0.914. The molecule has 0 aliphatic rings. The number of thiophene rings is 1. The Kier molecular flexibility index (Phi) is 2.75. The van der Waals surface area contributed by atoms with Crippen LogP contribution in [-0.4, -0.2) is 29.8 Å². The summed E-state index contributed by atoms with van der Waals surface area (Å²) in [6, 6.07) is 4.15. The third-order valence-corrected chi connectivity index (χ3v) is 4.51. The van der Waals surface area contributed by atoms with Crippen molar-refractivity contribution in [2.75, 3.05) is 0 Å². The Balaban J connectivity index is 1.75. The summed E-state index contributed by atoms with van der Waals surface area (Å²) in [7, 11) is 0. The van der Waals surface area contributed by atoms with Gasteiger partial charge in [-0.05, 0) is 11.4 Å². The summed E-state index contributed by atoms with van der Waals surface area (Å²) < 4.78 is 1.73. The van der Waals surface area contributed by atoms with E-state index in [1.807, 2.05) is 6.07 Å². The van der Waals surface area contributed by atoms with Gasteiger partial charge in [0.25, 0.3) is 0 Å². The molecule has 0 aliphatic carbocycles. The van der Waals surface area contributed by atoms with E-state index in [1.165, 1.54) is 4.88 Å². The van der Waals surface area contributed by atoms with E-state index in [9.17, 15) is 0 Å². The third kappa shape index (κ3) is 1.98. The predicted octanol–water partition coefficient (Wildman–Crippen LogP) is 2.30. The van der Waals surface area contributed by atoms with Gasteiger partial charge in [0.1, 0.15) is 10.7 Å². The monoisotopic (exact) mass is 300 g/mol. The van der Waals surface area contributed by atoms with Crippen LogP contribution in [0.1, 0.15) is 9.88 Å². The standard InChI is InChI=1S/C12H8N6S2/c1-2-8(19-5-1)6-10-17-18-11(15-16-12(18)20-10)9-7-13-3-4-14-9/h1-5,7H,6H2. The summed E-state index contributed by atoms with van der Waals surface area (Å²) in [5.74, 6) is 0.627. The zero-order valence-corrected chi connectivity index (χ0v) is 11.8.